The van der Waals surface area contributed by atoms with Crippen molar-refractivity contribution in [3.63, 3.8) is 0 Å². The minimum atomic E-state index is -3.35. The zero-order chi connectivity index (χ0) is 13.1. The van der Waals surface area contributed by atoms with Gasteiger partial charge in [-0.15, -0.1) is 0 Å². The molecule has 0 heterocycles. The van der Waals surface area contributed by atoms with E-state index in [2.05, 4.69) is 0 Å². The van der Waals surface area contributed by atoms with Crippen LogP contribution in [0.3, 0.4) is 0 Å². The maximum Gasteiger partial charge on any atom is 0.157 e. The fourth-order valence-electron chi connectivity index (χ4n) is 1.83. The summed E-state index contributed by atoms with van der Waals surface area (Å²) in [6, 6.07) is 6.67. The lowest BCUT2D eigenvalue weighted by Gasteiger charge is -2.23. The Morgan fingerprint density at radius 3 is 2.41 bits per heavy atom. The van der Waals surface area contributed by atoms with Crippen LogP contribution in [0.25, 0.3) is 0 Å². The van der Waals surface area contributed by atoms with Crippen LogP contribution < -0.4 is 5.73 Å². The van der Waals surface area contributed by atoms with E-state index >= 15 is 0 Å². The van der Waals surface area contributed by atoms with E-state index in [1.165, 1.54) is 0 Å². The third-order valence-electron chi connectivity index (χ3n) is 2.99. The number of aliphatic hydroxyl groups is 1. The van der Waals surface area contributed by atoms with Crippen molar-refractivity contribution in [3.8, 4) is 0 Å². The second-order valence-electron chi connectivity index (χ2n) is 4.05. The Morgan fingerprint density at radius 2 is 1.94 bits per heavy atom. The molecule has 96 valence electrons. The highest BCUT2D eigenvalue weighted by atomic mass is 32.2. The zero-order valence-electron chi connectivity index (χ0n) is 10.1. The average Bonchev–Trinajstić information content (AvgIpc) is 2.30. The first-order valence-corrected chi connectivity index (χ1v) is 7.29. The molecule has 17 heavy (non-hydrogen) atoms. The first kappa shape index (κ1) is 14.2. The maximum absolute atomic E-state index is 11.8. The van der Waals surface area contributed by atoms with Crippen molar-refractivity contribution >= 4 is 9.84 Å². The molecular formula is C12H19NO3S. The largest absolute Gasteiger partial charge is 0.395 e. The van der Waals surface area contributed by atoms with Crippen molar-refractivity contribution in [1.29, 1.82) is 0 Å². The van der Waals surface area contributed by atoms with E-state index in [1.807, 2.05) is 25.1 Å². The number of nitrogens with two attached hydrogens (primary N) is 1. The van der Waals surface area contributed by atoms with Gasteiger partial charge < -0.3 is 10.8 Å². The summed E-state index contributed by atoms with van der Waals surface area (Å²) in [5.74, 6) is -0.0161. The summed E-state index contributed by atoms with van der Waals surface area (Å²) in [6.45, 7) is 2.98. The molecular weight excluding hydrogens is 238 g/mol. The molecule has 0 aromatic heterocycles. The van der Waals surface area contributed by atoms with Gasteiger partial charge in [-0.05, 0) is 18.1 Å². The summed E-state index contributed by atoms with van der Waals surface area (Å²) in [7, 11) is -3.35. The number of hydrogen-bond acceptors (Lipinski definition) is 4. The van der Waals surface area contributed by atoms with Crippen LogP contribution in [-0.2, 0) is 9.84 Å². The highest BCUT2D eigenvalue weighted by Gasteiger charge is 2.30. The minimum Gasteiger partial charge on any atom is -0.395 e. The number of rotatable bonds is 5. The van der Waals surface area contributed by atoms with Gasteiger partial charge >= 0.3 is 0 Å². The van der Waals surface area contributed by atoms with E-state index in [-0.39, 0.29) is 5.75 Å². The van der Waals surface area contributed by atoms with Crippen LogP contribution in [-0.4, -0.2) is 31.1 Å². The molecule has 0 radical (unpaired) electrons. The molecule has 0 amide bonds. The maximum atomic E-state index is 11.8. The number of hydrogen-bond donors (Lipinski definition) is 2. The Balaban J connectivity index is 3.11. The van der Waals surface area contributed by atoms with Crippen LogP contribution in [0, 0.1) is 6.92 Å². The fourth-order valence-corrected chi connectivity index (χ4v) is 3.07. The van der Waals surface area contributed by atoms with Crippen LogP contribution in [0.5, 0.6) is 0 Å². The Hall–Kier alpha value is -0.910. The minimum absolute atomic E-state index is 0.0161. The second-order valence-corrected chi connectivity index (χ2v) is 6.56. The standard InChI is InChI=1S/C12H19NO3S/c1-3-17(15,16)11(8-14)12(13)10-7-5-4-6-9(10)2/h4-7,11-12,14H,3,8,13H2,1-2H3/t11-,12-/m1/s1. The molecule has 0 fully saturated rings. The van der Waals surface area contributed by atoms with E-state index in [9.17, 15) is 13.5 Å². The summed E-state index contributed by atoms with van der Waals surface area (Å²) in [6.07, 6.45) is 0. The first-order valence-electron chi connectivity index (χ1n) is 5.57. The molecule has 0 saturated heterocycles. The van der Waals surface area contributed by atoms with Crippen molar-refractivity contribution in [1.82, 2.24) is 0 Å². The van der Waals surface area contributed by atoms with Crippen molar-refractivity contribution in [3.05, 3.63) is 35.4 Å². The fraction of sp³-hybridized carbons (Fsp3) is 0.500. The molecule has 0 bridgehead atoms. The van der Waals surface area contributed by atoms with Crippen molar-refractivity contribution in [2.75, 3.05) is 12.4 Å². The van der Waals surface area contributed by atoms with Crippen LogP contribution >= 0.6 is 0 Å². The molecule has 1 rings (SSSR count). The van der Waals surface area contributed by atoms with Crippen LogP contribution in [0.15, 0.2) is 24.3 Å². The van der Waals surface area contributed by atoms with Gasteiger partial charge in [0, 0.05) is 11.8 Å². The summed E-state index contributed by atoms with van der Waals surface area (Å²) < 4.78 is 23.6. The molecule has 0 aliphatic heterocycles. The molecule has 3 N–H and O–H groups in total. The predicted molar refractivity (Wildman–Crippen MR) is 68.4 cm³/mol. The molecule has 4 nitrogen and oxygen atoms in total. The van der Waals surface area contributed by atoms with Gasteiger partial charge in [-0.1, -0.05) is 31.2 Å². The Morgan fingerprint density at radius 1 is 1.35 bits per heavy atom. The second kappa shape index (κ2) is 5.62. The van der Waals surface area contributed by atoms with Crippen molar-refractivity contribution in [2.45, 2.75) is 25.1 Å². The van der Waals surface area contributed by atoms with Crippen LogP contribution in [0.2, 0.25) is 0 Å². The lowest BCUT2D eigenvalue weighted by atomic mass is 10.00. The lowest BCUT2D eigenvalue weighted by molar-refractivity contribution is 0.277. The summed E-state index contributed by atoms with van der Waals surface area (Å²) in [5, 5.41) is 8.32. The van der Waals surface area contributed by atoms with E-state index in [0.717, 1.165) is 11.1 Å². The Bertz CT molecular complexity index is 470. The van der Waals surface area contributed by atoms with Gasteiger partial charge in [0.05, 0.1) is 6.61 Å². The normalized spacial score (nSPS) is 15.5. The van der Waals surface area contributed by atoms with Gasteiger partial charge in [-0.3, -0.25) is 0 Å². The number of aryl methyl sites for hydroxylation is 1. The highest BCUT2D eigenvalue weighted by molar-refractivity contribution is 7.92. The first-order chi connectivity index (χ1) is 7.94. The smallest absolute Gasteiger partial charge is 0.157 e. The van der Waals surface area contributed by atoms with Crippen molar-refractivity contribution in [2.24, 2.45) is 5.73 Å². The monoisotopic (exact) mass is 257 g/mol. The van der Waals surface area contributed by atoms with Gasteiger partial charge in [0.1, 0.15) is 5.25 Å². The summed E-state index contributed by atoms with van der Waals surface area (Å²) in [4.78, 5) is 0. The molecule has 5 heteroatoms. The Kier molecular flexibility index (Phi) is 4.68. The van der Waals surface area contributed by atoms with E-state index in [0.29, 0.717) is 0 Å². The molecule has 1 aromatic rings. The SMILES string of the molecule is CCS(=O)(=O)[C@H](CO)[C@H](N)c1ccccc1C. The highest BCUT2D eigenvalue weighted by Crippen LogP contribution is 2.23. The van der Waals surface area contributed by atoms with Crippen LogP contribution in [0.1, 0.15) is 24.1 Å². The van der Waals surface area contributed by atoms with Crippen molar-refractivity contribution < 1.29 is 13.5 Å². The van der Waals surface area contributed by atoms with E-state index in [1.54, 1.807) is 13.0 Å². The van der Waals surface area contributed by atoms with E-state index in [4.69, 9.17) is 5.73 Å². The van der Waals surface area contributed by atoms with E-state index < -0.39 is 27.7 Å². The molecule has 0 aliphatic rings. The molecule has 0 unspecified atom stereocenters. The topological polar surface area (TPSA) is 80.4 Å². The van der Waals surface area contributed by atoms with Gasteiger partial charge in [0.15, 0.2) is 9.84 Å². The van der Waals surface area contributed by atoms with Gasteiger partial charge in [0.2, 0.25) is 0 Å². The summed E-state index contributed by atoms with van der Waals surface area (Å²) in [5.41, 5.74) is 7.68. The Labute approximate surface area is 102 Å². The lowest BCUT2D eigenvalue weighted by Crippen LogP contribution is -2.37. The molecule has 0 aliphatic carbocycles. The molecule has 2 atom stereocenters. The number of sulfone groups is 1. The molecule has 0 spiro atoms. The van der Waals surface area contributed by atoms with Gasteiger partial charge in [-0.25, -0.2) is 8.42 Å². The zero-order valence-corrected chi connectivity index (χ0v) is 10.9. The molecule has 0 saturated carbocycles. The molecule has 1 aromatic carbocycles. The number of aliphatic hydroxyl groups excluding tert-OH is 1. The number of benzene rings is 1. The van der Waals surface area contributed by atoms with Crippen LogP contribution in [0.4, 0.5) is 0 Å². The third-order valence-corrected chi connectivity index (χ3v) is 5.16. The quantitative estimate of drug-likeness (QED) is 0.817. The predicted octanol–water partition coefficient (Wildman–Crippen LogP) is 0.790. The average molecular weight is 257 g/mol. The summed E-state index contributed by atoms with van der Waals surface area (Å²) >= 11 is 0. The van der Waals surface area contributed by atoms with Gasteiger partial charge in [0.25, 0.3) is 0 Å². The van der Waals surface area contributed by atoms with Gasteiger partial charge in [-0.2, -0.15) is 0 Å². The third kappa shape index (κ3) is 3.06.